The average Bonchev–Trinajstić information content (AvgIpc) is 3.30. The van der Waals surface area contributed by atoms with Gasteiger partial charge in [-0.3, -0.25) is 4.79 Å². The third-order valence-corrected chi connectivity index (χ3v) is 6.16. The van der Waals surface area contributed by atoms with Gasteiger partial charge in [-0.05, 0) is 56.5 Å². The number of carbonyl (C=O) groups is 1. The van der Waals surface area contributed by atoms with Gasteiger partial charge in [-0.25, -0.2) is 0 Å². The number of halogens is 2. The van der Waals surface area contributed by atoms with Gasteiger partial charge in [0, 0.05) is 36.0 Å². The number of fused-ring (bicyclic) bond motifs is 1. The zero-order valence-electron chi connectivity index (χ0n) is 18.4. The molecule has 1 amide bonds. The maximum Gasteiger partial charge on any atom is 0.387 e. The van der Waals surface area contributed by atoms with Crippen molar-refractivity contribution in [1.29, 1.82) is 0 Å². The Morgan fingerprint density at radius 2 is 2.06 bits per heavy atom. The number of hydrogen-bond acceptors (Lipinski definition) is 5. The Kier molecular flexibility index (Phi) is 6.09. The SMILES string of the molecule is C[C@H](NC(=O)c1ccc2c(c1)COC2(C)C)c1ccc(N2CC[C@@H](O)C2)cc1OC(F)F. The number of nitrogens with zero attached hydrogens (tertiary/aromatic N) is 1. The van der Waals surface area contributed by atoms with Crippen molar-refractivity contribution in [3.8, 4) is 5.75 Å². The Morgan fingerprint density at radius 1 is 1.28 bits per heavy atom. The number of anilines is 1. The lowest BCUT2D eigenvalue weighted by Gasteiger charge is -2.23. The molecule has 32 heavy (non-hydrogen) atoms. The summed E-state index contributed by atoms with van der Waals surface area (Å²) in [5.41, 5.74) is 3.27. The average molecular weight is 446 g/mol. The van der Waals surface area contributed by atoms with Crippen LogP contribution in [0.3, 0.4) is 0 Å². The van der Waals surface area contributed by atoms with Crippen LogP contribution in [0.4, 0.5) is 14.5 Å². The van der Waals surface area contributed by atoms with E-state index in [4.69, 9.17) is 9.47 Å². The van der Waals surface area contributed by atoms with Crippen LogP contribution in [0.2, 0.25) is 0 Å². The number of ether oxygens (including phenoxy) is 2. The second-order valence-electron chi connectivity index (χ2n) is 8.86. The van der Waals surface area contributed by atoms with Gasteiger partial charge < -0.3 is 24.8 Å². The molecule has 2 N–H and O–H groups in total. The van der Waals surface area contributed by atoms with E-state index in [9.17, 15) is 18.7 Å². The first-order valence-corrected chi connectivity index (χ1v) is 10.7. The maximum absolute atomic E-state index is 13.1. The van der Waals surface area contributed by atoms with Crippen LogP contribution in [0.25, 0.3) is 0 Å². The van der Waals surface area contributed by atoms with Crippen LogP contribution >= 0.6 is 0 Å². The van der Waals surface area contributed by atoms with Gasteiger partial charge in [-0.2, -0.15) is 8.78 Å². The largest absolute Gasteiger partial charge is 0.434 e. The number of hydrogen-bond donors (Lipinski definition) is 2. The predicted octanol–water partition coefficient (Wildman–Crippen LogP) is 4.12. The van der Waals surface area contributed by atoms with E-state index in [1.807, 2.05) is 30.9 Å². The molecule has 172 valence electrons. The molecule has 2 aromatic carbocycles. The predicted molar refractivity (Wildman–Crippen MR) is 116 cm³/mol. The molecule has 2 aliphatic heterocycles. The Hall–Kier alpha value is -2.71. The second-order valence-corrected chi connectivity index (χ2v) is 8.86. The van der Waals surface area contributed by atoms with Gasteiger partial charge in [0.05, 0.1) is 24.4 Å². The van der Waals surface area contributed by atoms with Crippen molar-refractivity contribution in [2.75, 3.05) is 18.0 Å². The van der Waals surface area contributed by atoms with E-state index in [2.05, 4.69) is 5.32 Å². The molecule has 0 aliphatic carbocycles. The molecule has 0 unspecified atom stereocenters. The highest BCUT2D eigenvalue weighted by molar-refractivity contribution is 5.94. The number of nitrogens with one attached hydrogen (secondary N) is 1. The highest BCUT2D eigenvalue weighted by Gasteiger charge is 2.31. The van der Waals surface area contributed by atoms with E-state index < -0.39 is 18.8 Å². The van der Waals surface area contributed by atoms with Crippen LogP contribution in [-0.4, -0.2) is 36.8 Å². The highest BCUT2D eigenvalue weighted by Crippen LogP contribution is 2.36. The van der Waals surface area contributed by atoms with Crippen LogP contribution in [-0.2, 0) is 16.9 Å². The summed E-state index contributed by atoms with van der Waals surface area (Å²) in [4.78, 5) is 14.8. The molecular formula is C24H28F2N2O4. The van der Waals surface area contributed by atoms with Gasteiger partial charge in [0.25, 0.3) is 5.91 Å². The first kappa shape index (κ1) is 22.5. The van der Waals surface area contributed by atoms with Gasteiger partial charge in [0.15, 0.2) is 0 Å². The Balaban J connectivity index is 1.53. The summed E-state index contributed by atoms with van der Waals surface area (Å²) >= 11 is 0. The van der Waals surface area contributed by atoms with Crippen molar-refractivity contribution in [3.63, 3.8) is 0 Å². The molecule has 4 rings (SSSR count). The van der Waals surface area contributed by atoms with Gasteiger partial charge in [-0.1, -0.05) is 12.1 Å². The summed E-state index contributed by atoms with van der Waals surface area (Å²) in [7, 11) is 0. The maximum atomic E-state index is 13.1. The van der Waals surface area contributed by atoms with Gasteiger partial charge in [0.2, 0.25) is 0 Å². The summed E-state index contributed by atoms with van der Waals surface area (Å²) in [6.07, 6.45) is 0.193. The Labute approximate surface area is 186 Å². The molecule has 8 heteroatoms. The number of carbonyl (C=O) groups excluding carboxylic acids is 1. The summed E-state index contributed by atoms with van der Waals surface area (Å²) < 4.78 is 36.7. The molecule has 2 aromatic rings. The summed E-state index contributed by atoms with van der Waals surface area (Å²) in [6, 6.07) is 9.91. The van der Waals surface area contributed by atoms with E-state index in [-0.39, 0.29) is 17.3 Å². The van der Waals surface area contributed by atoms with Gasteiger partial charge >= 0.3 is 6.61 Å². The molecule has 0 bridgehead atoms. The zero-order chi connectivity index (χ0) is 23.0. The minimum Gasteiger partial charge on any atom is -0.434 e. The number of β-amino-alcohol motifs (C(OH)–C–C–N with tert-alkyl or cyclic N) is 1. The second kappa shape index (κ2) is 8.67. The number of benzene rings is 2. The fourth-order valence-electron chi connectivity index (χ4n) is 4.39. The van der Waals surface area contributed by atoms with Crippen LogP contribution in [0.1, 0.15) is 60.3 Å². The summed E-state index contributed by atoms with van der Waals surface area (Å²) in [5.74, 6) is -0.296. The smallest absolute Gasteiger partial charge is 0.387 e. The van der Waals surface area contributed by atoms with Crippen LogP contribution in [0.5, 0.6) is 5.75 Å². The van der Waals surface area contributed by atoms with E-state index in [0.29, 0.717) is 42.9 Å². The fraction of sp³-hybridized carbons (Fsp3) is 0.458. The van der Waals surface area contributed by atoms with Crippen LogP contribution < -0.4 is 15.0 Å². The third kappa shape index (κ3) is 4.56. The minimum absolute atomic E-state index is 0.00999. The molecule has 0 radical (unpaired) electrons. The quantitative estimate of drug-likeness (QED) is 0.699. The normalized spacial score (nSPS) is 20.3. The van der Waals surface area contributed by atoms with E-state index >= 15 is 0 Å². The molecule has 2 heterocycles. The van der Waals surface area contributed by atoms with Crippen molar-refractivity contribution >= 4 is 11.6 Å². The molecule has 0 spiro atoms. The Morgan fingerprint density at radius 3 is 2.75 bits per heavy atom. The van der Waals surface area contributed by atoms with Crippen molar-refractivity contribution < 1.29 is 28.2 Å². The minimum atomic E-state index is -2.99. The molecule has 1 fully saturated rings. The van der Waals surface area contributed by atoms with Gasteiger partial charge in [-0.15, -0.1) is 0 Å². The van der Waals surface area contributed by atoms with Crippen molar-refractivity contribution in [1.82, 2.24) is 5.32 Å². The molecule has 2 aliphatic rings. The summed E-state index contributed by atoms with van der Waals surface area (Å²) in [6.45, 7) is 4.23. The lowest BCUT2D eigenvalue weighted by Crippen LogP contribution is -2.27. The van der Waals surface area contributed by atoms with Crippen LogP contribution in [0, 0.1) is 0 Å². The number of amides is 1. The molecule has 0 saturated carbocycles. The molecule has 2 atom stereocenters. The number of aliphatic hydroxyl groups is 1. The standard InChI is InChI=1S/C24H28F2N2O4/c1-14(27-22(30)15-4-7-20-16(10-15)13-31-24(20,2)3)19-6-5-17(11-21(19)32-23(25)26)28-9-8-18(29)12-28/h4-7,10-11,14,18,23,29H,8-9,12-13H2,1-3H3,(H,27,30)/t14-,18+/m0/s1. The van der Waals surface area contributed by atoms with Crippen molar-refractivity contribution in [2.24, 2.45) is 0 Å². The fourth-order valence-corrected chi connectivity index (χ4v) is 4.39. The van der Waals surface area contributed by atoms with Crippen molar-refractivity contribution in [3.05, 3.63) is 58.7 Å². The highest BCUT2D eigenvalue weighted by atomic mass is 19.3. The Bertz CT molecular complexity index is 1010. The first-order chi connectivity index (χ1) is 15.1. The molecule has 0 aromatic heterocycles. The van der Waals surface area contributed by atoms with Crippen LogP contribution in [0.15, 0.2) is 36.4 Å². The van der Waals surface area contributed by atoms with Crippen molar-refractivity contribution in [2.45, 2.75) is 58.2 Å². The summed E-state index contributed by atoms with van der Waals surface area (Å²) in [5, 5.41) is 12.6. The van der Waals surface area contributed by atoms with E-state index in [0.717, 1.165) is 11.1 Å². The molecule has 1 saturated heterocycles. The van der Waals surface area contributed by atoms with E-state index in [1.54, 1.807) is 25.1 Å². The lowest BCUT2D eigenvalue weighted by molar-refractivity contribution is -0.0506. The number of rotatable bonds is 6. The van der Waals surface area contributed by atoms with E-state index in [1.165, 1.54) is 6.07 Å². The molecular weight excluding hydrogens is 418 g/mol. The van der Waals surface area contributed by atoms with Gasteiger partial charge in [0.1, 0.15) is 5.75 Å². The topological polar surface area (TPSA) is 71.0 Å². The molecule has 6 nitrogen and oxygen atoms in total. The number of aliphatic hydroxyl groups excluding tert-OH is 1. The monoisotopic (exact) mass is 446 g/mol. The third-order valence-electron chi connectivity index (χ3n) is 6.16. The zero-order valence-corrected chi connectivity index (χ0v) is 18.4. The first-order valence-electron chi connectivity index (χ1n) is 10.7. The lowest BCUT2D eigenvalue weighted by atomic mass is 9.94. The number of alkyl halides is 2.